The molecular weight excluding hydrogens is 428 g/mol. The van der Waals surface area contributed by atoms with Crippen molar-refractivity contribution in [2.45, 2.75) is 18.2 Å². The van der Waals surface area contributed by atoms with Gasteiger partial charge in [0.1, 0.15) is 0 Å². The fourth-order valence-corrected chi connectivity index (χ4v) is 4.34. The summed E-state index contributed by atoms with van der Waals surface area (Å²) in [7, 11) is 0. The number of aromatic nitrogens is 3. The van der Waals surface area contributed by atoms with Crippen molar-refractivity contribution in [2.75, 3.05) is 17.9 Å². The number of anilines is 1. The number of aromatic amines is 1. The molecule has 0 aliphatic carbocycles. The number of benzene rings is 2. The van der Waals surface area contributed by atoms with Crippen molar-refractivity contribution in [3.63, 3.8) is 0 Å². The van der Waals surface area contributed by atoms with Crippen LogP contribution in [0.15, 0.2) is 46.3 Å². The molecule has 0 radical (unpaired) electrons. The second-order valence-corrected chi connectivity index (χ2v) is 8.02. The summed E-state index contributed by atoms with van der Waals surface area (Å²) in [5, 5.41) is 5.51. The van der Waals surface area contributed by atoms with E-state index in [4.69, 9.17) is 21.1 Å². The highest BCUT2D eigenvalue weighted by Gasteiger charge is 2.45. The van der Waals surface area contributed by atoms with Gasteiger partial charge in [0.2, 0.25) is 17.9 Å². The number of carbonyl (C=O) groups is 1. The van der Waals surface area contributed by atoms with E-state index in [2.05, 4.69) is 10.1 Å². The SMILES string of the molecule is CSc1n[n+]2c(c(=O)[nH]1)-c1cc(Cl)ccc1N(C(C)=O)[C@@H]2c1ccc2c(c1)OCO2. The second kappa shape index (κ2) is 7.03. The number of carbonyl (C=O) groups excluding carboxylic acids is 1. The average Bonchev–Trinajstić information content (AvgIpc) is 3.19. The third kappa shape index (κ3) is 2.85. The fraction of sp³-hybridized carbons (Fsp3) is 0.200. The van der Waals surface area contributed by atoms with E-state index in [0.29, 0.717) is 38.6 Å². The molecule has 1 aromatic heterocycles. The number of ether oxygens (including phenoxy) is 2. The highest BCUT2D eigenvalue weighted by molar-refractivity contribution is 7.98. The zero-order valence-corrected chi connectivity index (χ0v) is 17.6. The molecule has 1 atom stereocenters. The zero-order valence-electron chi connectivity index (χ0n) is 16.0. The molecule has 2 aromatic carbocycles. The Bertz CT molecular complexity index is 1260. The molecule has 5 rings (SSSR count). The maximum absolute atomic E-state index is 13.0. The molecule has 0 bridgehead atoms. The van der Waals surface area contributed by atoms with Gasteiger partial charge in [0.25, 0.3) is 6.17 Å². The summed E-state index contributed by atoms with van der Waals surface area (Å²) in [4.78, 5) is 30.2. The monoisotopic (exact) mass is 443 g/mol. The second-order valence-electron chi connectivity index (χ2n) is 6.79. The first-order chi connectivity index (χ1) is 14.5. The van der Waals surface area contributed by atoms with Crippen LogP contribution in [0, 0.1) is 0 Å². The van der Waals surface area contributed by atoms with Gasteiger partial charge >= 0.3 is 11.3 Å². The first-order valence-electron chi connectivity index (χ1n) is 9.07. The van der Waals surface area contributed by atoms with Crippen LogP contribution in [0.5, 0.6) is 11.5 Å². The molecule has 0 spiro atoms. The van der Waals surface area contributed by atoms with Gasteiger partial charge in [0.05, 0.1) is 11.3 Å². The highest BCUT2D eigenvalue weighted by Crippen LogP contribution is 2.41. The smallest absolute Gasteiger partial charge is 0.325 e. The van der Waals surface area contributed by atoms with Crippen LogP contribution in [0.3, 0.4) is 0 Å². The van der Waals surface area contributed by atoms with Crippen molar-refractivity contribution < 1.29 is 19.0 Å². The van der Waals surface area contributed by atoms with E-state index in [1.165, 1.54) is 18.7 Å². The van der Waals surface area contributed by atoms with Crippen molar-refractivity contribution in [1.82, 2.24) is 10.1 Å². The number of thioether (sulfide) groups is 1. The lowest BCUT2D eigenvalue weighted by Gasteiger charge is -2.31. The summed E-state index contributed by atoms with van der Waals surface area (Å²) < 4.78 is 12.5. The van der Waals surface area contributed by atoms with E-state index in [1.807, 2.05) is 18.4 Å². The van der Waals surface area contributed by atoms with Gasteiger partial charge in [0, 0.05) is 22.6 Å². The summed E-state index contributed by atoms with van der Waals surface area (Å²) in [5.74, 6) is 1.01. The number of H-pyrrole nitrogens is 1. The van der Waals surface area contributed by atoms with E-state index in [9.17, 15) is 9.59 Å². The molecule has 0 fully saturated rings. The van der Waals surface area contributed by atoms with Crippen LogP contribution in [0.4, 0.5) is 5.69 Å². The standard InChI is InChI=1S/C20H15ClN4O4S/c1-10(26)24-14-5-4-12(21)8-13(14)17-18(27)22-20(30-2)23-25(17)19(24)11-3-6-15-16(7-11)29-9-28-15/h3-8,19H,9H2,1-2H3/p+1/t19-/m0/s1. The van der Waals surface area contributed by atoms with E-state index in [1.54, 1.807) is 33.8 Å². The van der Waals surface area contributed by atoms with Crippen LogP contribution < -0.4 is 24.6 Å². The van der Waals surface area contributed by atoms with E-state index in [0.717, 1.165) is 5.56 Å². The van der Waals surface area contributed by atoms with Crippen LogP contribution in [0.25, 0.3) is 11.3 Å². The maximum atomic E-state index is 13.0. The lowest BCUT2D eigenvalue weighted by atomic mass is 10.0. The normalized spacial score (nSPS) is 16.2. The van der Waals surface area contributed by atoms with Crippen LogP contribution >= 0.6 is 23.4 Å². The molecule has 152 valence electrons. The minimum absolute atomic E-state index is 0.138. The topological polar surface area (TPSA) is 88.4 Å². The molecule has 3 heterocycles. The number of hydrogen-bond acceptors (Lipinski definition) is 6. The summed E-state index contributed by atoms with van der Waals surface area (Å²) >= 11 is 7.52. The van der Waals surface area contributed by atoms with Crippen molar-refractivity contribution in [2.24, 2.45) is 0 Å². The van der Waals surface area contributed by atoms with Crippen molar-refractivity contribution in [3.8, 4) is 22.8 Å². The maximum Gasteiger partial charge on any atom is 0.325 e. The molecule has 1 amide bonds. The van der Waals surface area contributed by atoms with Gasteiger partial charge in [-0.15, -0.1) is 0 Å². The molecule has 8 nitrogen and oxygen atoms in total. The molecule has 0 saturated heterocycles. The Morgan fingerprint density at radius 3 is 2.83 bits per heavy atom. The van der Waals surface area contributed by atoms with Crippen molar-refractivity contribution >= 4 is 35.0 Å². The van der Waals surface area contributed by atoms with Gasteiger partial charge in [-0.25, -0.2) is 4.90 Å². The molecule has 2 aliphatic rings. The Labute approximate surface area is 180 Å². The molecule has 1 N–H and O–H groups in total. The largest absolute Gasteiger partial charge is 0.454 e. The Morgan fingerprint density at radius 2 is 2.07 bits per heavy atom. The van der Waals surface area contributed by atoms with Crippen molar-refractivity contribution in [1.29, 1.82) is 0 Å². The number of halogens is 1. The molecule has 0 saturated carbocycles. The van der Waals surface area contributed by atoms with E-state index < -0.39 is 6.17 Å². The van der Waals surface area contributed by atoms with Gasteiger partial charge in [-0.3, -0.25) is 14.6 Å². The number of rotatable bonds is 2. The predicted molar refractivity (Wildman–Crippen MR) is 111 cm³/mol. The van der Waals surface area contributed by atoms with Crippen LogP contribution in [-0.4, -0.2) is 29.0 Å². The summed E-state index contributed by atoms with van der Waals surface area (Å²) in [6.45, 7) is 1.62. The molecule has 3 aromatic rings. The van der Waals surface area contributed by atoms with Gasteiger partial charge in [-0.1, -0.05) is 23.4 Å². The Kier molecular flexibility index (Phi) is 4.44. The Hall–Kier alpha value is -3.04. The van der Waals surface area contributed by atoms with Crippen LogP contribution in [0.2, 0.25) is 5.02 Å². The van der Waals surface area contributed by atoms with Gasteiger partial charge in [-0.2, -0.15) is 0 Å². The molecule has 0 unspecified atom stereocenters. The van der Waals surface area contributed by atoms with E-state index in [-0.39, 0.29) is 18.3 Å². The lowest BCUT2D eigenvalue weighted by Crippen LogP contribution is -2.60. The Balaban J connectivity index is 1.84. The average molecular weight is 444 g/mol. The van der Waals surface area contributed by atoms with Gasteiger partial charge in [0.15, 0.2) is 11.5 Å². The number of hydrogen-bond donors (Lipinski definition) is 1. The summed E-state index contributed by atoms with van der Waals surface area (Å²) in [6.07, 6.45) is 1.13. The minimum Gasteiger partial charge on any atom is -0.454 e. The summed E-state index contributed by atoms with van der Waals surface area (Å²) in [6, 6.07) is 10.5. The quantitative estimate of drug-likeness (QED) is 0.484. The lowest BCUT2D eigenvalue weighted by molar-refractivity contribution is -0.763. The highest BCUT2D eigenvalue weighted by atomic mass is 35.5. The zero-order chi connectivity index (χ0) is 21.0. The predicted octanol–water partition coefficient (Wildman–Crippen LogP) is 2.74. The molecular formula is C20H16ClN4O4S+. The molecule has 2 aliphatic heterocycles. The Morgan fingerprint density at radius 1 is 1.27 bits per heavy atom. The molecule has 10 heteroatoms. The minimum atomic E-state index is -0.686. The number of nitrogens with zero attached hydrogens (tertiary/aromatic N) is 3. The number of amides is 1. The van der Waals surface area contributed by atoms with Crippen LogP contribution in [-0.2, 0) is 4.79 Å². The van der Waals surface area contributed by atoms with Gasteiger partial charge in [-0.05, 0) is 47.3 Å². The summed E-state index contributed by atoms with van der Waals surface area (Å²) in [5.41, 5.74) is 1.86. The van der Waals surface area contributed by atoms with E-state index >= 15 is 0 Å². The van der Waals surface area contributed by atoms with Gasteiger partial charge < -0.3 is 9.47 Å². The first kappa shape index (κ1) is 19.0. The van der Waals surface area contributed by atoms with Crippen LogP contribution in [0.1, 0.15) is 18.7 Å². The van der Waals surface area contributed by atoms with Crippen molar-refractivity contribution in [3.05, 3.63) is 57.3 Å². The third-order valence-corrected chi connectivity index (χ3v) is 5.85. The number of nitrogens with one attached hydrogen (secondary N) is 1. The fourth-order valence-electron chi connectivity index (χ4n) is 3.80. The molecule has 30 heavy (non-hydrogen) atoms. The number of fused-ring (bicyclic) bond motifs is 4. The third-order valence-electron chi connectivity index (χ3n) is 5.04. The first-order valence-corrected chi connectivity index (χ1v) is 10.7.